The number of nitrogens with zero attached hydrogens (tertiary/aromatic N) is 6. The Kier molecular flexibility index (Phi) is 7.21. The second kappa shape index (κ2) is 11.0. The van der Waals surface area contributed by atoms with Crippen molar-refractivity contribution < 1.29 is 23.0 Å². The first-order chi connectivity index (χ1) is 19.7. The number of hydrogen-bond donors (Lipinski definition) is 0. The Labute approximate surface area is 236 Å². The minimum absolute atomic E-state index is 0.115. The topological polar surface area (TPSA) is 93.6 Å². The molecule has 4 aromatic rings. The molecule has 2 fully saturated rings. The van der Waals surface area contributed by atoms with Crippen LogP contribution in [0.5, 0.6) is 0 Å². The van der Waals surface area contributed by atoms with E-state index in [1.54, 1.807) is 4.90 Å². The van der Waals surface area contributed by atoms with Gasteiger partial charge in [0.1, 0.15) is 29.5 Å². The van der Waals surface area contributed by atoms with Gasteiger partial charge in [-0.05, 0) is 38.5 Å². The first-order valence-corrected chi connectivity index (χ1v) is 13.6. The third-order valence-corrected chi connectivity index (χ3v) is 7.58. The van der Waals surface area contributed by atoms with E-state index in [4.69, 9.17) is 19.4 Å². The maximum atomic E-state index is 14.9. The molecule has 0 aliphatic carbocycles. The van der Waals surface area contributed by atoms with Gasteiger partial charge in [-0.3, -0.25) is 0 Å². The number of carbonyl (C=O) groups is 1. The second-order valence-corrected chi connectivity index (χ2v) is 10.7. The summed E-state index contributed by atoms with van der Waals surface area (Å²) in [6, 6.07) is 12.9. The first kappa shape index (κ1) is 26.9. The van der Waals surface area contributed by atoms with E-state index in [1.807, 2.05) is 56.0 Å². The number of benzene rings is 2. The molecule has 0 N–H and O–H groups in total. The molecule has 0 radical (unpaired) electrons. The van der Waals surface area contributed by atoms with Crippen molar-refractivity contribution in [1.29, 1.82) is 0 Å². The van der Waals surface area contributed by atoms with Crippen LogP contribution in [0.25, 0.3) is 22.4 Å². The number of anilines is 1. The molecule has 41 heavy (non-hydrogen) atoms. The standard InChI is InChI=1S/C30H30F2N6O3/c1-17-12-37(15-25(41-17)21-13-38(14-21)30(39)40-16-20-7-5-4-6-8-20)29-35-26(23-10-9-22(31)11-24(23)32)27-28(36-29)34-19(3)18(2)33-27/h4-11,17,21,25H,12-16H2,1-3H3/t17-,25+/m1/s1. The molecule has 6 rings (SSSR count). The van der Waals surface area contributed by atoms with Crippen LogP contribution in [0.1, 0.15) is 23.9 Å². The van der Waals surface area contributed by atoms with Crippen molar-refractivity contribution in [2.24, 2.45) is 5.92 Å². The predicted octanol–water partition coefficient (Wildman–Crippen LogP) is 4.84. The molecular weight excluding hydrogens is 530 g/mol. The number of carbonyl (C=O) groups excluding carboxylic acids is 1. The molecule has 2 aromatic heterocycles. The Balaban J connectivity index is 1.22. The monoisotopic (exact) mass is 560 g/mol. The number of likely N-dealkylation sites (tertiary alicyclic amines) is 1. The molecule has 11 heteroatoms. The predicted molar refractivity (Wildman–Crippen MR) is 148 cm³/mol. The Morgan fingerprint density at radius 2 is 1.73 bits per heavy atom. The number of aryl methyl sites for hydroxylation is 2. The number of amides is 1. The molecular formula is C30H30F2N6O3. The summed E-state index contributed by atoms with van der Waals surface area (Å²) in [6.45, 7) is 7.89. The van der Waals surface area contributed by atoms with E-state index >= 15 is 0 Å². The Morgan fingerprint density at radius 1 is 0.976 bits per heavy atom. The van der Waals surface area contributed by atoms with E-state index < -0.39 is 11.6 Å². The Hall–Kier alpha value is -4.25. The van der Waals surface area contributed by atoms with Crippen molar-refractivity contribution in [2.75, 3.05) is 31.1 Å². The Morgan fingerprint density at radius 3 is 2.49 bits per heavy atom. The van der Waals surface area contributed by atoms with E-state index in [2.05, 4.69) is 9.97 Å². The third-order valence-electron chi connectivity index (χ3n) is 7.58. The minimum Gasteiger partial charge on any atom is -0.445 e. The van der Waals surface area contributed by atoms with Crippen LogP contribution in [0.4, 0.5) is 19.5 Å². The van der Waals surface area contributed by atoms with Crippen LogP contribution in [0.15, 0.2) is 48.5 Å². The number of aromatic nitrogens is 4. The van der Waals surface area contributed by atoms with E-state index in [1.165, 1.54) is 12.1 Å². The van der Waals surface area contributed by atoms with Crippen molar-refractivity contribution >= 4 is 23.2 Å². The quantitative estimate of drug-likeness (QED) is 0.342. The number of ether oxygens (including phenoxy) is 2. The highest BCUT2D eigenvalue weighted by Gasteiger charge is 2.41. The highest BCUT2D eigenvalue weighted by molar-refractivity contribution is 5.88. The van der Waals surface area contributed by atoms with Crippen molar-refractivity contribution in [3.05, 3.63) is 77.1 Å². The fourth-order valence-electron chi connectivity index (χ4n) is 5.23. The molecule has 0 spiro atoms. The van der Waals surface area contributed by atoms with Crippen LogP contribution in [-0.2, 0) is 16.1 Å². The normalized spacial score (nSPS) is 19.3. The summed E-state index contributed by atoms with van der Waals surface area (Å²) in [7, 11) is 0. The van der Waals surface area contributed by atoms with Crippen LogP contribution in [0.2, 0.25) is 0 Å². The molecule has 2 saturated heterocycles. The Bertz CT molecular complexity index is 1600. The van der Waals surface area contributed by atoms with E-state index in [0.29, 0.717) is 54.7 Å². The van der Waals surface area contributed by atoms with Gasteiger partial charge in [-0.25, -0.2) is 28.5 Å². The van der Waals surface area contributed by atoms with Crippen molar-refractivity contribution in [1.82, 2.24) is 24.8 Å². The van der Waals surface area contributed by atoms with Gasteiger partial charge in [0, 0.05) is 43.7 Å². The third kappa shape index (κ3) is 5.54. The zero-order valence-corrected chi connectivity index (χ0v) is 23.1. The molecule has 4 heterocycles. The van der Waals surface area contributed by atoms with Crippen molar-refractivity contribution in [3.8, 4) is 11.3 Å². The molecule has 212 valence electrons. The van der Waals surface area contributed by atoms with Gasteiger partial charge in [-0.1, -0.05) is 30.3 Å². The maximum absolute atomic E-state index is 14.9. The number of morpholine rings is 1. The largest absolute Gasteiger partial charge is 0.445 e. The molecule has 1 amide bonds. The van der Waals surface area contributed by atoms with Gasteiger partial charge in [-0.2, -0.15) is 4.98 Å². The number of rotatable bonds is 5. The molecule has 9 nitrogen and oxygen atoms in total. The SMILES string of the molecule is Cc1nc2nc(N3C[C@@H](C)O[C@H](C4CN(C(=O)OCc5ccccc5)C4)C3)nc(-c3ccc(F)cc3F)c2nc1C. The van der Waals surface area contributed by atoms with E-state index in [9.17, 15) is 13.6 Å². The molecule has 2 aliphatic heterocycles. The van der Waals surface area contributed by atoms with Gasteiger partial charge in [-0.15, -0.1) is 0 Å². The summed E-state index contributed by atoms with van der Waals surface area (Å²) in [5.74, 6) is -0.930. The zero-order valence-electron chi connectivity index (χ0n) is 23.1. The second-order valence-electron chi connectivity index (χ2n) is 10.7. The number of halogens is 2. The maximum Gasteiger partial charge on any atom is 0.410 e. The van der Waals surface area contributed by atoms with Gasteiger partial charge >= 0.3 is 6.09 Å². The average Bonchev–Trinajstić information content (AvgIpc) is 2.92. The van der Waals surface area contributed by atoms with Crippen molar-refractivity contribution in [3.63, 3.8) is 0 Å². The summed E-state index contributed by atoms with van der Waals surface area (Å²) in [6.07, 6.45) is -0.657. The lowest BCUT2D eigenvalue weighted by molar-refractivity contribution is -0.0840. The average molecular weight is 561 g/mol. The summed E-state index contributed by atoms with van der Waals surface area (Å²) < 4.78 is 40.4. The van der Waals surface area contributed by atoms with Crippen LogP contribution < -0.4 is 4.90 Å². The van der Waals surface area contributed by atoms with Gasteiger partial charge < -0.3 is 19.3 Å². The number of fused-ring (bicyclic) bond motifs is 1. The first-order valence-electron chi connectivity index (χ1n) is 13.6. The molecule has 2 aromatic carbocycles. The van der Waals surface area contributed by atoms with Gasteiger partial charge in [0.2, 0.25) is 5.95 Å². The smallest absolute Gasteiger partial charge is 0.410 e. The summed E-state index contributed by atoms with van der Waals surface area (Å²) >= 11 is 0. The van der Waals surface area contributed by atoms with Crippen LogP contribution >= 0.6 is 0 Å². The van der Waals surface area contributed by atoms with Crippen LogP contribution in [0.3, 0.4) is 0 Å². The minimum atomic E-state index is -0.738. The lowest BCUT2D eigenvalue weighted by atomic mass is 9.92. The molecule has 0 bridgehead atoms. The molecule has 2 aliphatic rings. The molecule has 0 saturated carbocycles. The van der Waals surface area contributed by atoms with E-state index in [-0.39, 0.29) is 42.1 Å². The lowest BCUT2D eigenvalue weighted by Gasteiger charge is -2.47. The lowest BCUT2D eigenvalue weighted by Crippen LogP contribution is -2.60. The van der Waals surface area contributed by atoms with Gasteiger partial charge in [0.25, 0.3) is 0 Å². The van der Waals surface area contributed by atoms with Crippen LogP contribution in [0, 0.1) is 31.4 Å². The van der Waals surface area contributed by atoms with Gasteiger partial charge in [0.15, 0.2) is 5.65 Å². The number of hydrogen-bond acceptors (Lipinski definition) is 8. The van der Waals surface area contributed by atoms with Crippen LogP contribution in [-0.4, -0.2) is 69.3 Å². The fourth-order valence-corrected chi connectivity index (χ4v) is 5.23. The highest BCUT2D eigenvalue weighted by Crippen LogP contribution is 2.32. The molecule has 2 atom stereocenters. The molecule has 0 unspecified atom stereocenters. The van der Waals surface area contributed by atoms with Gasteiger partial charge in [0.05, 0.1) is 23.6 Å². The zero-order chi connectivity index (χ0) is 28.7. The highest BCUT2D eigenvalue weighted by atomic mass is 19.1. The fraction of sp³-hybridized carbons (Fsp3) is 0.367. The summed E-state index contributed by atoms with van der Waals surface area (Å²) in [5.41, 5.74) is 3.38. The summed E-state index contributed by atoms with van der Waals surface area (Å²) in [5, 5.41) is 0. The van der Waals surface area contributed by atoms with E-state index in [0.717, 1.165) is 11.6 Å². The van der Waals surface area contributed by atoms with Crippen molar-refractivity contribution in [2.45, 2.75) is 39.6 Å². The summed E-state index contributed by atoms with van der Waals surface area (Å²) in [4.78, 5) is 34.9.